The molecule has 48 valence electrons. The van der Waals surface area contributed by atoms with Gasteiger partial charge in [-0.25, -0.2) is 0 Å². The predicted molar refractivity (Wildman–Crippen MR) is 21.1 cm³/mol. The molecule has 0 aromatic carbocycles. The van der Waals surface area contributed by atoms with Gasteiger partial charge >= 0.3 is 17.3 Å². The van der Waals surface area contributed by atoms with Crippen molar-refractivity contribution in [2.45, 2.75) is 0 Å². The third kappa shape index (κ3) is 60.8. The molecule has 0 aromatic heterocycles. The fourth-order valence-corrected chi connectivity index (χ4v) is 0. The zero-order chi connectivity index (χ0) is 8.12. The van der Waals surface area contributed by atoms with Crippen LogP contribution in [0.3, 0.4) is 0 Å². The van der Waals surface area contributed by atoms with Crippen LogP contribution in [0.1, 0.15) is 0 Å². The number of hydrogen-bond donors (Lipinski definition) is 0. The maximum absolute atomic E-state index is 8.35. The molecule has 0 aliphatic carbocycles. The second-order valence-corrected chi connectivity index (χ2v) is 0.295. The van der Waals surface area contributed by atoms with Crippen LogP contribution in [0.2, 0.25) is 0 Å². The Kier molecular flexibility index (Phi) is 149. The van der Waals surface area contributed by atoms with Crippen molar-refractivity contribution in [1.29, 1.82) is 0 Å². The first-order valence-corrected chi connectivity index (χ1v) is 1.40. The monoisotopic (exact) mass is 130 g/mol. The minimum atomic E-state index is -0.500. The van der Waals surface area contributed by atoms with E-state index in [1.54, 1.807) is 0 Å². The van der Waals surface area contributed by atoms with Crippen molar-refractivity contribution in [2.24, 2.45) is 0 Å². The molecule has 0 fully saturated rings. The molecular weight excluding hydrogens is 128 g/mol. The Balaban J connectivity index is -0.0000000600. The van der Waals surface area contributed by atoms with Gasteiger partial charge in [0.05, 0.1) is 0 Å². The summed E-state index contributed by atoms with van der Waals surface area (Å²) in [6, 6.07) is 0. The molecule has 0 amide bonds. The Bertz CT molecular complexity index is 75.0. The van der Waals surface area contributed by atoms with Gasteiger partial charge < -0.3 is 19.8 Å². The van der Waals surface area contributed by atoms with E-state index < -0.39 is 12.9 Å². The van der Waals surface area contributed by atoms with E-state index in [-0.39, 0.29) is 0 Å². The van der Waals surface area contributed by atoms with E-state index in [0.29, 0.717) is 0 Å². The molecule has 0 saturated heterocycles. The van der Waals surface area contributed by atoms with Gasteiger partial charge in [0.1, 0.15) is 0 Å². The van der Waals surface area contributed by atoms with Gasteiger partial charge in [-0.2, -0.15) is 0 Å². The molecule has 5 nitrogen and oxygen atoms in total. The summed E-state index contributed by atoms with van der Waals surface area (Å²) in [5, 5.41) is 16.5. The molecule has 0 aromatic rings. The Morgan fingerprint density at radius 1 is 1.22 bits per heavy atom. The van der Waals surface area contributed by atoms with Gasteiger partial charge in [-0.15, -0.1) is 0 Å². The molecule has 0 unspecified atom stereocenters. The maximum atomic E-state index is 8.35. The average molecular weight is 130 g/mol. The molecule has 0 radical (unpaired) electrons. The summed E-state index contributed by atoms with van der Waals surface area (Å²) in [4.78, 5) is 24.8. The summed E-state index contributed by atoms with van der Waals surface area (Å²) < 4.78 is 0. The van der Waals surface area contributed by atoms with Crippen LogP contribution >= 0.6 is 0 Å². The Morgan fingerprint density at radius 2 is 1.22 bits per heavy atom. The third-order valence-corrected chi connectivity index (χ3v) is 0. The first-order valence-electron chi connectivity index (χ1n) is 1.40. The van der Waals surface area contributed by atoms with Crippen molar-refractivity contribution in [1.82, 2.24) is 0 Å². The SMILES string of the molecule is O=C[O-].O=C[O-].[C+2]=C=O. The van der Waals surface area contributed by atoms with Crippen LogP contribution in [0.15, 0.2) is 0 Å². The summed E-state index contributed by atoms with van der Waals surface area (Å²) in [5.74, 6) is 0.750. The fourth-order valence-electron chi connectivity index (χ4n) is 0. The van der Waals surface area contributed by atoms with Gasteiger partial charge in [-0.1, -0.05) is 0 Å². The van der Waals surface area contributed by atoms with Crippen LogP contribution in [-0.2, 0) is 14.4 Å². The number of carbonyl (C=O) groups excluding carboxylic acids is 3. The summed E-state index contributed by atoms with van der Waals surface area (Å²) in [5.41, 5.74) is 0. The van der Waals surface area contributed by atoms with Gasteiger partial charge in [-0.05, 0) is 0 Å². The molecule has 0 N–H and O–H groups in total. The van der Waals surface area contributed by atoms with E-state index in [1.807, 2.05) is 0 Å². The van der Waals surface area contributed by atoms with E-state index in [0.717, 1.165) is 5.94 Å². The van der Waals surface area contributed by atoms with Crippen molar-refractivity contribution in [3.05, 3.63) is 6.58 Å². The van der Waals surface area contributed by atoms with E-state index in [9.17, 15) is 0 Å². The topological polar surface area (TPSA) is 97.3 Å². The Morgan fingerprint density at radius 3 is 1.22 bits per heavy atom. The summed E-state index contributed by atoms with van der Waals surface area (Å²) >= 11 is 0. The first-order chi connectivity index (χ1) is 4.24. The normalized spacial score (nSPS) is 3.78. The van der Waals surface area contributed by atoms with E-state index in [2.05, 4.69) is 0 Å². The number of hydrogen-bond acceptors (Lipinski definition) is 5. The molecule has 0 bridgehead atoms. The van der Waals surface area contributed by atoms with Gasteiger partial charge in [0.2, 0.25) is 0 Å². The Labute approximate surface area is 51.2 Å². The van der Waals surface area contributed by atoms with Crippen LogP contribution in [0.25, 0.3) is 0 Å². The second kappa shape index (κ2) is 86.0. The number of carbonyl (C=O) groups is 2. The summed E-state index contributed by atoms with van der Waals surface area (Å²) in [6.45, 7) is 4.40. The van der Waals surface area contributed by atoms with Crippen molar-refractivity contribution >= 4 is 18.9 Å². The van der Waals surface area contributed by atoms with Gasteiger partial charge in [-0.3, -0.25) is 0 Å². The van der Waals surface area contributed by atoms with Crippen LogP contribution in [-0.4, -0.2) is 18.9 Å². The van der Waals surface area contributed by atoms with Crippen molar-refractivity contribution in [3.8, 4) is 0 Å². The standard InChI is InChI=1S/C2O.2CH2O2/c1-2-3;2*2-1-3/h;2*1H,(H,2,3)/q+2;;/p-2. The fraction of sp³-hybridized carbons (Fsp3) is 0. The third-order valence-electron chi connectivity index (χ3n) is 0. The summed E-state index contributed by atoms with van der Waals surface area (Å²) in [7, 11) is 0. The van der Waals surface area contributed by atoms with Crippen molar-refractivity contribution in [2.75, 3.05) is 0 Å². The molecule has 0 saturated carbocycles. The molecular formula is C4H2O5. The molecule has 0 heterocycles. The average Bonchev–Trinajstić information content (AvgIpc) is 1.70. The van der Waals surface area contributed by atoms with Gasteiger partial charge in [0.25, 0.3) is 0 Å². The van der Waals surface area contributed by atoms with Crippen LogP contribution in [0.5, 0.6) is 0 Å². The molecule has 0 aliphatic rings. The van der Waals surface area contributed by atoms with E-state index in [1.165, 1.54) is 0 Å². The molecule has 0 atom stereocenters. The molecule has 9 heavy (non-hydrogen) atoms. The van der Waals surface area contributed by atoms with Gasteiger partial charge in [0.15, 0.2) is 0 Å². The molecule has 5 heteroatoms. The van der Waals surface area contributed by atoms with E-state index >= 15 is 0 Å². The van der Waals surface area contributed by atoms with Crippen LogP contribution in [0.4, 0.5) is 0 Å². The molecule has 0 spiro atoms. The Hall–Kier alpha value is -1.48. The quantitative estimate of drug-likeness (QED) is 0.249. The first kappa shape index (κ1) is 15.6. The minimum absolute atomic E-state index is 0.500. The van der Waals surface area contributed by atoms with Crippen LogP contribution < -0.4 is 10.2 Å². The van der Waals surface area contributed by atoms with Crippen molar-refractivity contribution < 1.29 is 24.6 Å². The number of rotatable bonds is 0. The zero-order valence-electron chi connectivity index (χ0n) is 4.20. The molecule has 0 rings (SSSR count). The number of carboxylic acid groups (broad SMARTS) is 2. The predicted octanol–water partition coefficient (Wildman–Crippen LogP) is -3.58. The zero-order valence-corrected chi connectivity index (χ0v) is 4.20. The summed E-state index contributed by atoms with van der Waals surface area (Å²) in [6.07, 6.45) is 0. The van der Waals surface area contributed by atoms with E-state index in [4.69, 9.17) is 31.2 Å². The van der Waals surface area contributed by atoms with Crippen molar-refractivity contribution in [3.63, 3.8) is 0 Å². The molecule has 0 aliphatic heterocycles. The van der Waals surface area contributed by atoms with Crippen LogP contribution in [0, 0.1) is 6.58 Å². The van der Waals surface area contributed by atoms with Gasteiger partial charge in [0, 0.05) is 12.9 Å². The second-order valence-electron chi connectivity index (χ2n) is 0.295.